The SMILES string of the molecule is COc1ccc(-c2cc3ccc(C)cc3c(N)n2)cc1. The van der Waals surface area contributed by atoms with Crippen LogP contribution in [0.15, 0.2) is 48.5 Å². The van der Waals surface area contributed by atoms with Crippen LogP contribution in [0, 0.1) is 6.92 Å². The Labute approximate surface area is 118 Å². The highest BCUT2D eigenvalue weighted by Crippen LogP contribution is 2.27. The third-order valence-electron chi connectivity index (χ3n) is 3.40. The van der Waals surface area contributed by atoms with Gasteiger partial charge in [-0.15, -0.1) is 0 Å². The molecule has 2 N–H and O–H groups in total. The molecule has 2 aromatic carbocycles. The molecule has 1 aromatic heterocycles. The zero-order valence-corrected chi connectivity index (χ0v) is 11.6. The lowest BCUT2D eigenvalue weighted by Crippen LogP contribution is -1.95. The van der Waals surface area contributed by atoms with Gasteiger partial charge in [-0.2, -0.15) is 0 Å². The molecule has 1 heterocycles. The quantitative estimate of drug-likeness (QED) is 0.765. The molecule has 20 heavy (non-hydrogen) atoms. The van der Waals surface area contributed by atoms with Gasteiger partial charge in [-0.25, -0.2) is 4.98 Å². The summed E-state index contributed by atoms with van der Waals surface area (Å²) in [7, 11) is 1.66. The van der Waals surface area contributed by atoms with Crippen LogP contribution in [0.5, 0.6) is 5.75 Å². The number of methoxy groups -OCH3 is 1. The zero-order chi connectivity index (χ0) is 14.1. The van der Waals surface area contributed by atoms with Crippen molar-refractivity contribution in [1.29, 1.82) is 0 Å². The van der Waals surface area contributed by atoms with Gasteiger partial charge >= 0.3 is 0 Å². The molecule has 100 valence electrons. The zero-order valence-electron chi connectivity index (χ0n) is 11.6. The molecule has 0 spiro atoms. The highest BCUT2D eigenvalue weighted by Gasteiger charge is 2.06. The number of ether oxygens (including phenoxy) is 1. The first kappa shape index (κ1) is 12.5. The minimum absolute atomic E-state index is 0.567. The van der Waals surface area contributed by atoms with Gasteiger partial charge < -0.3 is 10.5 Å². The highest BCUT2D eigenvalue weighted by molar-refractivity contribution is 5.94. The van der Waals surface area contributed by atoms with E-state index >= 15 is 0 Å². The van der Waals surface area contributed by atoms with Crippen LogP contribution in [0.4, 0.5) is 5.82 Å². The largest absolute Gasteiger partial charge is 0.497 e. The van der Waals surface area contributed by atoms with Crippen LogP contribution in [-0.4, -0.2) is 12.1 Å². The van der Waals surface area contributed by atoms with Crippen LogP contribution in [0.3, 0.4) is 0 Å². The maximum absolute atomic E-state index is 6.08. The number of pyridine rings is 1. The summed E-state index contributed by atoms with van der Waals surface area (Å²) in [6.45, 7) is 2.05. The fourth-order valence-electron chi connectivity index (χ4n) is 2.30. The Balaban J connectivity index is 2.14. The van der Waals surface area contributed by atoms with Crippen molar-refractivity contribution in [2.75, 3.05) is 12.8 Å². The molecule has 0 aliphatic heterocycles. The summed E-state index contributed by atoms with van der Waals surface area (Å²) in [6, 6.07) is 16.1. The Kier molecular flexibility index (Phi) is 3.03. The standard InChI is InChI=1S/C17H16N2O/c1-11-3-4-13-10-16(19-17(18)15(13)9-11)12-5-7-14(20-2)8-6-12/h3-10H,1-2H3,(H2,18,19). The molecule has 0 radical (unpaired) electrons. The number of nitrogen functional groups attached to an aromatic ring is 1. The summed E-state index contributed by atoms with van der Waals surface area (Å²) in [6.07, 6.45) is 0. The first-order valence-corrected chi connectivity index (χ1v) is 6.49. The van der Waals surface area contributed by atoms with E-state index in [-0.39, 0.29) is 0 Å². The average Bonchev–Trinajstić information content (AvgIpc) is 2.48. The van der Waals surface area contributed by atoms with Crippen molar-refractivity contribution in [2.45, 2.75) is 6.92 Å². The maximum atomic E-state index is 6.08. The second kappa shape index (κ2) is 4.85. The second-order valence-electron chi connectivity index (χ2n) is 4.85. The molecule has 0 unspecified atom stereocenters. The minimum Gasteiger partial charge on any atom is -0.497 e. The molecule has 0 fully saturated rings. The first-order chi connectivity index (χ1) is 9.67. The number of hydrogen-bond donors (Lipinski definition) is 1. The van der Waals surface area contributed by atoms with Gasteiger partial charge in [0.2, 0.25) is 0 Å². The third kappa shape index (κ3) is 2.18. The maximum Gasteiger partial charge on any atom is 0.131 e. The molecule has 3 aromatic rings. The van der Waals surface area contributed by atoms with Crippen molar-refractivity contribution in [3.8, 4) is 17.0 Å². The summed E-state index contributed by atoms with van der Waals surface area (Å²) in [5.41, 5.74) is 9.17. The van der Waals surface area contributed by atoms with Gasteiger partial charge in [-0.3, -0.25) is 0 Å². The molecule has 0 saturated heterocycles. The smallest absolute Gasteiger partial charge is 0.131 e. The summed E-state index contributed by atoms with van der Waals surface area (Å²) < 4.78 is 5.17. The van der Waals surface area contributed by atoms with Crippen molar-refractivity contribution >= 4 is 16.6 Å². The Morgan fingerprint density at radius 3 is 2.45 bits per heavy atom. The molecule has 0 aliphatic rings. The monoisotopic (exact) mass is 264 g/mol. The van der Waals surface area contributed by atoms with E-state index in [9.17, 15) is 0 Å². The Bertz CT molecular complexity index is 764. The fraction of sp³-hybridized carbons (Fsp3) is 0.118. The molecule has 0 saturated carbocycles. The van der Waals surface area contributed by atoms with Crippen molar-refractivity contribution in [3.05, 3.63) is 54.1 Å². The highest BCUT2D eigenvalue weighted by atomic mass is 16.5. The van der Waals surface area contributed by atoms with Crippen molar-refractivity contribution in [1.82, 2.24) is 4.98 Å². The Hall–Kier alpha value is -2.55. The van der Waals surface area contributed by atoms with E-state index in [2.05, 4.69) is 36.2 Å². The summed E-state index contributed by atoms with van der Waals surface area (Å²) in [4.78, 5) is 4.51. The molecule has 3 nitrogen and oxygen atoms in total. The fourth-order valence-corrected chi connectivity index (χ4v) is 2.30. The number of fused-ring (bicyclic) bond motifs is 1. The number of nitrogens with zero attached hydrogens (tertiary/aromatic N) is 1. The van der Waals surface area contributed by atoms with Crippen LogP contribution in [0.2, 0.25) is 0 Å². The number of aryl methyl sites for hydroxylation is 1. The van der Waals surface area contributed by atoms with E-state index in [0.29, 0.717) is 5.82 Å². The van der Waals surface area contributed by atoms with Crippen LogP contribution in [0.1, 0.15) is 5.56 Å². The van der Waals surface area contributed by atoms with E-state index in [1.165, 1.54) is 5.56 Å². The molecule has 0 atom stereocenters. The average molecular weight is 264 g/mol. The number of benzene rings is 2. The van der Waals surface area contributed by atoms with E-state index < -0.39 is 0 Å². The van der Waals surface area contributed by atoms with Gasteiger partial charge in [-0.1, -0.05) is 17.7 Å². The second-order valence-corrected chi connectivity index (χ2v) is 4.85. The molecule has 3 heteroatoms. The lowest BCUT2D eigenvalue weighted by Gasteiger charge is -2.08. The number of nitrogens with two attached hydrogens (primary N) is 1. The van der Waals surface area contributed by atoms with E-state index in [1.54, 1.807) is 7.11 Å². The molecule has 0 aliphatic carbocycles. The van der Waals surface area contributed by atoms with Crippen LogP contribution < -0.4 is 10.5 Å². The molecule has 0 amide bonds. The van der Waals surface area contributed by atoms with Crippen LogP contribution >= 0.6 is 0 Å². The van der Waals surface area contributed by atoms with Gasteiger partial charge in [0.25, 0.3) is 0 Å². The third-order valence-corrected chi connectivity index (χ3v) is 3.40. The predicted molar refractivity (Wildman–Crippen MR) is 82.9 cm³/mol. The number of anilines is 1. The number of rotatable bonds is 2. The van der Waals surface area contributed by atoms with Gasteiger partial charge in [0.1, 0.15) is 11.6 Å². The van der Waals surface area contributed by atoms with E-state index in [4.69, 9.17) is 10.5 Å². The number of hydrogen-bond acceptors (Lipinski definition) is 3. The first-order valence-electron chi connectivity index (χ1n) is 6.49. The van der Waals surface area contributed by atoms with Crippen LogP contribution in [0.25, 0.3) is 22.0 Å². The van der Waals surface area contributed by atoms with E-state index in [0.717, 1.165) is 27.8 Å². The molecular weight excluding hydrogens is 248 g/mol. The van der Waals surface area contributed by atoms with Gasteiger partial charge in [0.05, 0.1) is 12.8 Å². The molecule has 0 bridgehead atoms. The Morgan fingerprint density at radius 2 is 1.75 bits per heavy atom. The van der Waals surface area contributed by atoms with Gasteiger partial charge in [0.15, 0.2) is 0 Å². The van der Waals surface area contributed by atoms with Crippen LogP contribution in [-0.2, 0) is 0 Å². The molecule has 3 rings (SSSR count). The molecular formula is C17H16N2O. The normalized spacial score (nSPS) is 10.7. The lowest BCUT2D eigenvalue weighted by molar-refractivity contribution is 0.415. The summed E-state index contributed by atoms with van der Waals surface area (Å²) in [5.74, 6) is 1.40. The van der Waals surface area contributed by atoms with Gasteiger partial charge in [0, 0.05) is 10.9 Å². The van der Waals surface area contributed by atoms with Crippen molar-refractivity contribution < 1.29 is 4.74 Å². The Morgan fingerprint density at radius 1 is 1.00 bits per heavy atom. The number of aromatic nitrogens is 1. The lowest BCUT2D eigenvalue weighted by atomic mass is 10.0. The predicted octanol–water partition coefficient (Wildman–Crippen LogP) is 3.80. The summed E-state index contributed by atoms with van der Waals surface area (Å²) in [5, 5.41) is 2.11. The van der Waals surface area contributed by atoms with Crippen molar-refractivity contribution in [2.24, 2.45) is 0 Å². The van der Waals surface area contributed by atoms with Crippen molar-refractivity contribution in [3.63, 3.8) is 0 Å². The van der Waals surface area contributed by atoms with Gasteiger partial charge in [-0.05, 0) is 48.7 Å². The van der Waals surface area contributed by atoms with E-state index in [1.807, 2.05) is 24.3 Å². The minimum atomic E-state index is 0.567. The topological polar surface area (TPSA) is 48.1 Å². The summed E-state index contributed by atoms with van der Waals surface area (Å²) >= 11 is 0.